The van der Waals surface area contributed by atoms with Gasteiger partial charge in [-0.2, -0.15) is 0 Å². The van der Waals surface area contributed by atoms with E-state index in [1.165, 1.54) is 18.3 Å². The minimum Gasteiger partial charge on any atom is -0.308 e. The Hall–Kier alpha value is -2.71. The third-order valence-electron chi connectivity index (χ3n) is 5.22. The van der Waals surface area contributed by atoms with E-state index >= 15 is 0 Å². The first-order valence-electron chi connectivity index (χ1n) is 9.55. The molecule has 0 atom stereocenters. The van der Waals surface area contributed by atoms with Gasteiger partial charge in [-0.15, -0.1) is 0 Å². The molecule has 1 aliphatic rings. The smallest absolute Gasteiger partial charge is 0.251 e. The van der Waals surface area contributed by atoms with Gasteiger partial charge in [0.2, 0.25) is 0 Å². The minimum absolute atomic E-state index is 0.125. The van der Waals surface area contributed by atoms with Crippen molar-refractivity contribution in [1.29, 1.82) is 0 Å². The van der Waals surface area contributed by atoms with Crippen molar-refractivity contribution in [3.63, 3.8) is 0 Å². The van der Waals surface area contributed by atoms with Gasteiger partial charge in [0.15, 0.2) is 0 Å². The molecule has 0 amide bonds. The summed E-state index contributed by atoms with van der Waals surface area (Å²) in [5.74, 6) is -0.429. The lowest BCUT2D eigenvalue weighted by Gasteiger charge is -2.32. The first-order chi connectivity index (χ1) is 13.7. The van der Waals surface area contributed by atoms with E-state index in [0.29, 0.717) is 23.6 Å². The lowest BCUT2D eigenvalue weighted by atomic mass is 10.0. The molecule has 0 bridgehead atoms. The Morgan fingerprint density at radius 1 is 1.11 bits per heavy atom. The van der Waals surface area contributed by atoms with E-state index in [0.717, 1.165) is 44.7 Å². The molecule has 4 rings (SSSR count). The molecule has 1 aliphatic heterocycles. The van der Waals surface area contributed by atoms with Gasteiger partial charge in [-0.3, -0.25) is 19.7 Å². The van der Waals surface area contributed by atoms with Gasteiger partial charge >= 0.3 is 0 Å². The van der Waals surface area contributed by atoms with E-state index in [1.54, 1.807) is 29.2 Å². The second-order valence-electron chi connectivity index (χ2n) is 7.07. The molecule has 1 N–H and O–H groups in total. The maximum Gasteiger partial charge on any atom is 0.251 e. The van der Waals surface area contributed by atoms with E-state index in [1.807, 2.05) is 0 Å². The molecule has 28 heavy (non-hydrogen) atoms. The summed E-state index contributed by atoms with van der Waals surface area (Å²) < 4.78 is 15.2. The molecule has 0 radical (unpaired) electrons. The molecule has 3 aromatic rings. The van der Waals surface area contributed by atoms with E-state index in [2.05, 4.69) is 25.2 Å². The van der Waals surface area contributed by atoms with Crippen molar-refractivity contribution < 1.29 is 4.39 Å². The summed E-state index contributed by atoms with van der Waals surface area (Å²) >= 11 is 0. The number of hydrogen-bond acceptors (Lipinski definition) is 6. The van der Waals surface area contributed by atoms with E-state index in [4.69, 9.17) is 0 Å². The van der Waals surface area contributed by atoms with Crippen LogP contribution in [-0.2, 0) is 13.1 Å². The predicted octanol–water partition coefficient (Wildman–Crippen LogP) is 1.58. The summed E-state index contributed by atoms with van der Waals surface area (Å²) in [6.07, 6.45) is 8.42. The van der Waals surface area contributed by atoms with Crippen LogP contribution in [0.2, 0.25) is 0 Å². The molecule has 4 heterocycles. The number of aromatic nitrogens is 4. The summed E-state index contributed by atoms with van der Waals surface area (Å²) in [6.45, 7) is 3.93. The lowest BCUT2D eigenvalue weighted by Crippen LogP contribution is -2.43. The van der Waals surface area contributed by atoms with Crippen LogP contribution in [-0.4, -0.2) is 50.1 Å². The van der Waals surface area contributed by atoms with E-state index < -0.39 is 5.82 Å². The Balaban J connectivity index is 1.31. The molecule has 0 aliphatic carbocycles. The predicted molar refractivity (Wildman–Crippen MR) is 104 cm³/mol. The van der Waals surface area contributed by atoms with Crippen LogP contribution in [0.1, 0.15) is 18.5 Å². The molecule has 8 heteroatoms. The molecule has 0 aromatic carbocycles. The second kappa shape index (κ2) is 8.53. The van der Waals surface area contributed by atoms with Crippen LogP contribution in [0.4, 0.5) is 4.39 Å². The van der Waals surface area contributed by atoms with Crippen LogP contribution in [0.25, 0.3) is 11.0 Å². The number of nitrogens with one attached hydrogen (secondary N) is 1. The Morgan fingerprint density at radius 2 is 1.96 bits per heavy atom. The molecule has 0 spiro atoms. The van der Waals surface area contributed by atoms with Gasteiger partial charge in [0.25, 0.3) is 5.56 Å². The highest BCUT2D eigenvalue weighted by Crippen LogP contribution is 2.13. The Labute approximate surface area is 162 Å². The fourth-order valence-electron chi connectivity index (χ4n) is 3.65. The standard InChI is InChI=1S/C20H23FN6O/c21-15-11-19-18(25-12-15)1-2-20(28)27(19)10-9-26-7-3-16(4-8-26)24-14-17-13-22-5-6-23-17/h1-2,5-6,11-13,16,24H,3-4,7-10,14H2. The SMILES string of the molecule is O=c1ccc2ncc(F)cc2n1CCN1CCC(NCc2cnccn2)CC1. The van der Waals surface area contributed by atoms with Gasteiger partial charge in [-0.05, 0) is 32.0 Å². The summed E-state index contributed by atoms with van der Waals surface area (Å²) in [5.41, 5.74) is 2.00. The van der Waals surface area contributed by atoms with Crippen LogP contribution in [0, 0.1) is 5.82 Å². The molecule has 1 fully saturated rings. The zero-order valence-electron chi connectivity index (χ0n) is 15.6. The Morgan fingerprint density at radius 3 is 2.75 bits per heavy atom. The Bertz CT molecular complexity index is 985. The number of hydrogen-bond donors (Lipinski definition) is 1. The number of rotatable bonds is 6. The van der Waals surface area contributed by atoms with Gasteiger partial charge in [-0.1, -0.05) is 0 Å². The Kier molecular flexibility index (Phi) is 5.68. The van der Waals surface area contributed by atoms with Crippen molar-refractivity contribution in [2.24, 2.45) is 0 Å². The molecule has 1 saturated heterocycles. The number of piperidine rings is 1. The molecular formula is C20H23FN6O. The molecule has 146 valence electrons. The normalized spacial score (nSPS) is 15.9. The topological polar surface area (TPSA) is 75.9 Å². The maximum absolute atomic E-state index is 13.6. The quantitative estimate of drug-likeness (QED) is 0.698. The van der Waals surface area contributed by atoms with Crippen LogP contribution in [0.3, 0.4) is 0 Å². The van der Waals surface area contributed by atoms with Crippen molar-refractivity contribution in [1.82, 2.24) is 29.7 Å². The molecule has 3 aromatic heterocycles. The third kappa shape index (κ3) is 4.40. The summed E-state index contributed by atoms with van der Waals surface area (Å²) in [5, 5.41) is 3.54. The molecular weight excluding hydrogens is 359 g/mol. The van der Waals surface area contributed by atoms with Crippen molar-refractivity contribution in [2.75, 3.05) is 19.6 Å². The van der Waals surface area contributed by atoms with Gasteiger partial charge in [-0.25, -0.2) is 4.39 Å². The van der Waals surface area contributed by atoms with Crippen LogP contribution < -0.4 is 10.9 Å². The highest BCUT2D eigenvalue weighted by Gasteiger charge is 2.19. The second-order valence-corrected chi connectivity index (χ2v) is 7.07. The number of halogens is 1. The first-order valence-corrected chi connectivity index (χ1v) is 9.55. The third-order valence-corrected chi connectivity index (χ3v) is 5.22. The van der Waals surface area contributed by atoms with Crippen LogP contribution in [0.15, 0.2) is 47.8 Å². The van der Waals surface area contributed by atoms with Gasteiger partial charge in [0.1, 0.15) is 5.82 Å². The average Bonchev–Trinajstić information content (AvgIpc) is 2.73. The van der Waals surface area contributed by atoms with Crippen LogP contribution in [0.5, 0.6) is 0 Å². The van der Waals surface area contributed by atoms with Gasteiger partial charge in [0.05, 0.1) is 22.9 Å². The van der Waals surface area contributed by atoms with Crippen LogP contribution >= 0.6 is 0 Å². The maximum atomic E-state index is 13.6. The molecule has 0 saturated carbocycles. The summed E-state index contributed by atoms with van der Waals surface area (Å²) in [4.78, 5) is 27.0. The fraction of sp³-hybridized carbons (Fsp3) is 0.400. The molecule has 7 nitrogen and oxygen atoms in total. The fourth-order valence-corrected chi connectivity index (χ4v) is 3.65. The van der Waals surface area contributed by atoms with Gasteiger partial charge in [0, 0.05) is 56.4 Å². The monoisotopic (exact) mass is 382 g/mol. The van der Waals surface area contributed by atoms with Crippen molar-refractivity contribution in [3.8, 4) is 0 Å². The zero-order chi connectivity index (χ0) is 19.3. The largest absolute Gasteiger partial charge is 0.308 e. The van der Waals surface area contributed by atoms with E-state index in [9.17, 15) is 9.18 Å². The highest BCUT2D eigenvalue weighted by molar-refractivity contribution is 5.74. The summed E-state index contributed by atoms with van der Waals surface area (Å²) in [7, 11) is 0. The first kappa shape index (κ1) is 18.6. The van der Waals surface area contributed by atoms with Crippen molar-refractivity contribution in [3.05, 3.63) is 64.9 Å². The van der Waals surface area contributed by atoms with Crippen molar-refractivity contribution in [2.45, 2.75) is 32.0 Å². The zero-order valence-corrected chi connectivity index (χ0v) is 15.6. The number of nitrogens with zero attached hydrogens (tertiary/aromatic N) is 5. The number of pyridine rings is 2. The summed E-state index contributed by atoms with van der Waals surface area (Å²) in [6, 6.07) is 4.97. The van der Waals surface area contributed by atoms with Crippen molar-refractivity contribution >= 4 is 11.0 Å². The van der Waals surface area contributed by atoms with Gasteiger partial charge < -0.3 is 14.8 Å². The minimum atomic E-state index is -0.429. The average molecular weight is 382 g/mol. The molecule has 0 unspecified atom stereocenters. The number of likely N-dealkylation sites (tertiary alicyclic amines) is 1. The lowest BCUT2D eigenvalue weighted by molar-refractivity contribution is 0.191. The highest BCUT2D eigenvalue weighted by atomic mass is 19.1. The van der Waals surface area contributed by atoms with E-state index in [-0.39, 0.29) is 5.56 Å². The number of fused-ring (bicyclic) bond motifs is 1.